The Morgan fingerprint density at radius 3 is 2.64 bits per heavy atom. The summed E-state index contributed by atoms with van der Waals surface area (Å²) in [7, 11) is 1.65. The predicted molar refractivity (Wildman–Crippen MR) is 159 cm³/mol. The molecule has 3 amide bonds. The molecule has 3 aliphatic heterocycles. The van der Waals surface area contributed by atoms with Gasteiger partial charge < -0.3 is 30.2 Å². The number of methoxy groups -OCH3 is 1. The van der Waals surface area contributed by atoms with Gasteiger partial charge in [-0.25, -0.2) is 0 Å². The first-order valence-electron chi connectivity index (χ1n) is 15.1. The van der Waals surface area contributed by atoms with E-state index >= 15 is 0 Å². The zero-order valence-corrected chi connectivity index (χ0v) is 24.2. The molecule has 222 valence electrons. The van der Waals surface area contributed by atoms with Crippen molar-refractivity contribution in [2.45, 2.75) is 57.2 Å². The van der Waals surface area contributed by atoms with Crippen LogP contribution in [0.1, 0.15) is 43.4 Å². The summed E-state index contributed by atoms with van der Waals surface area (Å²) in [4.78, 5) is 52.5. The first-order chi connectivity index (χ1) is 20.5. The summed E-state index contributed by atoms with van der Waals surface area (Å²) in [6.45, 7) is 3.02. The van der Waals surface area contributed by atoms with E-state index in [2.05, 4.69) is 20.6 Å². The van der Waals surface area contributed by atoms with Gasteiger partial charge in [-0.05, 0) is 80.8 Å². The van der Waals surface area contributed by atoms with Gasteiger partial charge in [0.15, 0.2) is 0 Å². The lowest BCUT2D eigenvalue weighted by Gasteiger charge is -2.36. The van der Waals surface area contributed by atoms with E-state index in [1.54, 1.807) is 24.4 Å². The first-order valence-corrected chi connectivity index (χ1v) is 15.1. The van der Waals surface area contributed by atoms with Gasteiger partial charge in [-0.1, -0.05) is 12.1 Å². The van der Waals surface area contributed by atoms with E-state index in [4.69, 9.17) is 4.74 Å². The predicted octanol–water partition coefficient (Wildman–Crippen LogP) is 2.64. The smallest absolute Gasteiger partial charge is 0.243 e. The van der Waals surface area contributed by atoms with Gasteiger partial charge >= 0.3 is 0 Å². The number of nitrogens with one attached hydrogen (secondary N) is 3. The van der Waals surface area contributed by atoms with Gasteiger partial charge in [-0.3, -0.25) is 19.4 Å². The number of carbonyl (C=O) groups excluding carboxylic acids is 3. The number of amides is 3. The Bertz CT molecular complexity index is 1380. The Morgan fingerprint density at radius 1 is 1.07 bits per heavy atom. The number of fused-ring (bicyclic) bond motifs is 1. The quantitative estimate of drug-likeness (QED) is 0.382. The second-order valence-electron chi connectivity index (χ2n) is 11.8. The Balaban J connectivity index is 1.19. The lowest BCUT2D eigenvalue weighted by Crippen LogP contribution is -2.59. The fourth-order valence-corrected chi connectivity index (χ4v) is 6.85. The summed E-state index contributed by atoms with van der Waals surface area (Å²) in [5.74, 6) is 0.282. The van der Waals surface area contributed by atoms with E-state index in [1.807, 2.05) is 41.3 Å². The maximum atomic E-state index is 14.2. The van der Waals surface area contributed by atoms with Gasteiger partial charge in [0.1, 0.15) is 11.8 Å². The van der Waals surface area contributed by atoms with Crippen LogP contribution in [0.4, 0.5) is 0 Å². The second-order valence-corrected chi connectivity index (χ2v) is 11.8. The minimum absolute atomic E-state index is 0.0707. The molecule has 0 saturated carbocycles. The van der Waals surface area contributed by atoms with Crippen molar-refractivity contribution in [1.29, 1.82) is 0 Å². The molecule has 4 atom stereocenters. The number of nitrogens with zero attached hydrogens (tertiary/aromatic N) is 3. The molecule has 1 aromatic carbocycles. The molecule has 10 heteroatoms. The fourth-order valence-electron chi connectivity index (χ4n) is 6.85. The third-order valence-corrected chi connectivity index (χ3v) is 9.05. The van der Waals surface area contributed by atoms with E-state index in [0.29, 0.717) is 32.5 Å². The highest BCUT2D eigenvalue weighted by Crippen LogP contribution is 2.31. The molecule has 3 aromatic rings. The Hall–Kier alpha value is -3.92. The van der Waals surface area contributed by atoms with Crippen LogP contribution in [0.25, 0.3) is 10.9 Å². The number of benzene rings is 1. The molecular weight excluding hydrogens is 532 g/mol. The molecule has 3 aliphatic rings. The number of piperidine rings is 1. The molecule has 3 saturated heterocycles. The van der Waals surface area contributed by atoms with Crippen molar-refractivity contribution in [2.75, 3.05) is 33.3 Å². The summed E-state index contributed by atoms with van der Waals surface area (Å²) >= 11 is 0. The van der Waals surface area contributed by atoms with Crippen molar-refractivity contribution in [3.8, 4) is 5.75 Å². The second kappa shape index (κ2) is 12.5. The topological polar surface area (TPSA) is 120 Å². The molecule has 0 radical (unpaired) electrons. The molecule has 0 aliphatic carbocycles. The number of rotatable bonds is 8. The fraction of sp³-hybridized carbons (Fsp3) is 0.500. The minimum atomic E-state index is -0.608. The van der Waals surface area contributed by atoms with E-state index in [0.717, 1.165) is 66.7 Å². The van der Waals surface area contributed by atoms with E-state index < -0.39 is 18.0 Å². The van der Waals surface area contributed by atoms with E-state index in [-0.39, 0.29) is 23.6 Å². The Kier molecular flexibility index (Phi) is 8.41. The number of likely N-dealkylation sites (tertiary alicyclic amines) is 2. The molecule has 42 heavy (non-hydrogen) atoms. The maximum Gasteiger partial charge on any atom is 0.243 e. The highest BCUT2D eigenvalue weighted by Gasteiger charge is 2.46. The van der Waals surface area contributed by atoms with Crippen molar-refractivity contribution >= 4 is 28.6 Å². The van der Waals surface area contributed by atoms with Crippen LogP contribution in [-0.4, -0.2) is 82.9 Å². The van der Waals surface area contributed by atoms with Crippen LogP contribution in [0.3, 0.4) is 0 Å². The molecule has 2 aromatic heterocycles. The number of pyridine rings is 1. The van der Waals surface area contributed by atoms with Gasteiger partial charge in [-0.15, -0.1) is 0 Å². The van der Waals surface area contributed by atoms with Crippen molar-refractivity contribution in [3.05, 3.63) is 60.0 Å². The van der Waals surface area contributed by atoms with Crippen molar-refractivity contribution in [2.24, 2.45) is 11.8 Å². The van der Waals surface area contributed by atoms with Gasteiger partial charge in [0.2, 0.25) is 17.7 Å². The highest BCUT2D eigenvalue weighted by atomic mass is 16.5. The maximum absolute atomic E-state index is 14.2. The number of aromatic amines is 1. The van der Waals surface area contributed by atoms with Crippen LogP contribution in [0.5, 0.6) is 5.75 Å². The standard InChI is InChI=1S/C32H40N6O4/c1-42-25-8-6-21(7-9-25)15-22-16-28(30(39)35-19-24-17-23-18-33-12-10-27(23)36-24)38(20-22)32(41)29-26(5-4-11-34-29)31(40)37-13-2-3-14-37/h6-10,12,17-18,22,26,28-29,34,36H,2-5,11,13-16,19-20H2,1H3,(H,35,39)/t22-,26+,28+,29-/m1/s1. The average Bonchev–Trinajstić information content (AvgIpc) is 3.80. The number of H-pyrrole nitrogens is 1. The normalized spacial score (nSPS) is 24.2. The Labute approximate surface area is 246 Å². The van der Waals surface area contributed by atoms with E-state index in [1.165, 1.54) is 0 Å². The van der Waals surface area contributed by atoms with Crippen LogP contribution in [0.15, 0.2) is 48.8 Å². The number of aromatic nitrogens is 2. The Morgan fingerprint density at radius 2 is 1.88 bits per heavy atom. The highest BCUT2D eigenvalue weighted by molar-refractivity contribution is 5.94. The molecule has 0 bridgehead atoms. The van der Waals surface area contributed by atoms with Gasteiger partial charge in [0, 0.05) is 48.6 Å². The zero-order chi connectivity index (χ0) is 29.1. The van der Waals surface area contributed by atoms with Crippen LogP contribution >= 0.6 is 0 Å². The first kappa shape index (κ1) is 28.2. The molecule has 0 spiro atoms. The molecule has 6 rings (SSSR count). The van der Waals surface area contributed by atoms with Crippen LogP contribution in [0.2, 0.25) is 0 Å². The molecular formula is C32H40N6O4. The van der Waals surface area contributed by atoms with Crippen molar-refractivity contribution < 1.29 is 19.1 Å². The van der Waals surface area contributed by atoms with Crippen molar-refractivity contribution in [3.63, 3.8) is 0 Å². The molecule has 3 fully saturated rings. The summed E-state index contributed by atoms with van der Waals surface area (Å²) in [5, 5.41) is 7.42. The number of hydrogen-bond donors (Lipinski definition) is 3. The summed E-state index contributed by atoms with van der Waals surface area (Å²) < 4.78 is 5.30. The summed E-state index contributed by atoms with van der Waals surface area (Å²) in [6, 6.07) is 10.6. The largest absolute Gasteiger partial charge is 0.497 e. The molecule has 3 N–H and O–H groups in total. The summed E-state index contributed by atoms with van der Waals surface area (Å²) in [6.07, 6.45) is 8.41. The SMILES string of the molecule is COc1ccc(C[C@@H]2C[C@@H](C(=O)NCc3cc4cnccc4[nH]3)N(C(=O)[C@@H]3NCCC[C@@H]3C(=O)N3CCCC3)C2)cc1. The van der Waals surface area contributed by atoms with E-state index in [9.17, 15) is 14.4 Å². The number of ether oxygens (including phenoxy) is 1. The van der Waals surface area contributed by atoms with Crippen molar-refractivity contribution in [1.82, 2.24) is 30.4 Å². The average molecular weight is 573 g/mol. The molecule has 0 unspecified atom stereocenters. The lowest BCUT2D eigenvalue weighted by molar-refractivity contribution is -0.146. The summed E-state index contributed by atoms with van der Waals surface area (Å²) in [5.41, 5.74) is 2.98. The molecule has 10 nitrogen and oxygen atoms in total. The third-order valence-electron chi connectivity index (χ3n) is 9.05. The van der Waals surface area contributed by atoms with Gasteiger partial charge in [0.25, 0.3) is 0 Å². The minimum Gasteiger partial charge on any atom is -0.497 e. The van der Waals surface area contributed by atoms with Crippen LogP contribution in [-0.2, 0) is 27.3 Å². The van der Waals surface area contributed by atoms with Crippen LogP contribution < -0.4 is 15.4 Å². The van der Waals surface area contributed by atoms with Gasteiger partial charge in [0.05, 0.1) is 25.6 Å². The monoisotopic (exact) mass is 572 g/mol. The lowest BCUT2D eigenvalue weighted by atomic mass is 9.88. The zero-order valence-electron chi connectivity index (χ0n) is 24.2. The molecule has 5 heterocycles. The van der Waals surface area contributed by atoms with Gasteiger partial charge in [-0.2, -0.15) is 0 Å². The number of carbonyl (C=O) groups is 3. The van der Waals surface area contributed by atoms with Crippen LogP contribution in [0, 0.1) is 11.8 Å². The third kappa shape index (κ3) is 5.99. The number of hydrogen-bond acceptors (Lipinski definition) is 6.